The number of nitrogens with zero attached hydrogens (tertiary/aromatic N) is 1. The molecule has 0 saturated carbocycles. The maximum absolute atomic E-state index is 12.0. The summed E-state index contributed by atoms with van der Waals surface area (Å²) in [6.07, 6.45) is 10.1. The highest BCUT2D eigenvalue weighted by molar-refractivity contribution is 5.80. The fourth-order valence-corrected chi connectivity index (χ4v) is 5.70. The molecule has 2 fully saturated rings. The van der Waals surface area contributed by atoms with E-state index in [0.717, 1.165) is 32.1 Å². The van der Waals surface area contributed by atoms with Crippen LogP contribution in [0.15, 0.2) is 121 Å². The van der Waals surface area contributed by atoms with Gasteiger partial charge in [0.15, 0.2) is 0 Å². The van der Waals surface area contributed by atoms with Gasteiger partial charge in [0.05, 0.1) is 0 Å². The van der Waals surface area contributed by atoms with Crippen LogP contribution >= 0.6 is 0 Å². The van der Waals surface area contributed by atoms with Gasteiger partial charge in [-0.1, -0.05) is 122 Å². The third-order valence-corrected chi connectivity index (χ3v) is 8.04. The van der Waals surface area contributed by atoms with Gasteiger partial charge in [0.25, 0.3) is 0 Å². The van der Waals surface area contributed by atoms with E-state index >= 15 is 0 Å². The van der Waals surface area contributed by atoms with E-state index in [0.29, 0.717) is 24.9 Å². The zero-order chi connectivity index (χ0) is 29.1. The quantitative estimate of drug-likeness (QED) is 0.239. The molecule has 2 atom stereocenters. The number of benzene rings is 4. The average molecular weight is 557 g/mol. The molecule has 2 heterocycles. The van der Waals surface area contributed by atoms with Crippen molar-refractivity contribution in [2.24, 2.45) is 0 Å². The lowest BCUT2D eigenvalue weighted by Gasteiger charge is -2.21. The molecule has 0 aromatic heterocycles. The van der Waals surface area contributed by atoms with Crippen molar-refractivity contribution >= 4 is 11.8 Å². The summed E-state index contributed by atoms with van der Waals surface area (Å²) in [7, 11) is 0. The van der Waals surface area contributed by atoms with Crippen LogP contribution in [0.3, 0.4) is 0 Å². The molecule has 42 heavy (non-hydrogen) atoms. The van der Waals surface area contributed by atoms with Gasteiger partial charge in [-0.15, -0.1) is 0 Å². The maximum atomic E-state index is 12.0. The third kappa shape index (κ3) is 7.85. The number of hydrogen-bond acceptors (Lipinski definition) is 2. The first kappa shape index (κ1) is 29.1. The topological polar surface area (TPSA) is 49.4 Å². The van der Waals surface area contributed by atoms with Crippen molar-refractivity contribution in [1.29, 1.82) is 0 Å². The minimum absolute atomic E-state index is 0.186. The van der Waals surface area contributed by atoms with E-state index in [4.69, 9.17) is 0 Å². The normalized spacial score (nSPS) is 18.2. The van der Waals surface area contributed by atoms with E-state index < -0.39 is 0 Å². The maximum Gasteiger partial charge on any atom is 0.226 e. The van der Waals surface area contributed by atoms with E-state index in [-0.39, 0.29) is 11.8 Å². The van der Waals surface area contributed by atoms with Crippen molar-refractivity contribution < 1.29 is 9.59 Å². The van der Waals surface area contributed by atoms with Crippen LogP contribution in [0.25, 0.3) is 22.3 Å². The monoisotopic (exact) mass is 556 g/mol. The molecular formula is C38H40N2O2. The molecule has 0 aliphatic carbocycles. The van der Waals surface area contributed by atoms with Gasteiger partial charge in [-0.3, -0.25) is 9.59 Å². The largest absolute Gasteiger partial charge is 0.353 e. The summed E-state index contributed by atoms with van der Waals surface area (Å²) in [5, 5.41) is 3.01. The molecule has 0 bridgehead atoms. The van der Waals surface area contributed by atoms with Gasteiger partial charge in [0.1, 0.15) is 0 Å². The second-order valence-corrected chi connectivity index (χ2v) is 11.1. The number of carbonyl (C=O) groups is 2. The van der Waals surface area contributed by atoms with Crippen molar-refractivity contribution in [3.8, 4) is 22.3 Å². The van der Waals surface area contributed by atoms with Crippen LogP contribution in [0.1, 0.15) is 50.2 Å². The van der Waals surface area contributed by atoms with Crippen LogP contribution in [0.2, 0.25) is 0 Å². The van der Waals surface area contributed by atoms with Crippen LogP contribution in [-0.4, -0.2) is 28.8 Å². The van der Waals surface area contributed by atoms with Crippen LogP contribution < -0.4 is 5.32 Å². The molecule has 1 N–H and O–H groups in total. The van der Waals surface area contributed by atoms with Crippen molar-refractivity contribution in [3.63, 3.8) is 0 Å². The predicted molar refractivity (Wildman–Crippen MR) is 172 cm³/mol. The fraction of sp³-hybridized carbons (Fsp3) is 0.263. The van der Waals surface area contributed by atoms with Gasteiger partial charge < -0.3 is 10.2 Å². The van der Waals surface area contributed by atoms with Crippen molar-refractivity contribution in [3.05, 3.63) is 133 Å². The van der Waals surface area contributed by atoms with E-state index in [2.05, 4.69) is 115 Å². The van der Waals surface area contributed by atoms with E-state index in [1.807, 2.05) is 23.2 Å². The number of amides is 2. The Bertz CT molecular complexity index is 1460. The van der Waals surface area contributed by atoms with Gasteiger partial charge in [0.2, 0.25) is 11.8 Å². The van der Waals surface area contributed by atoms with Crippen LogP contribution in [-0.2, 0) is 22.4 Å². The summed E-state index contributed by atoms with van der Waals surface area (Å²) < 4.78 is 0. The lowest BCUT2D eigenvalue weighted by molar-refractivity contribution is -0.126. The second kappa shape index (κ2) is 14.5. The first-order valence-corrected chi connectivity index (χ1v) is 15.1. The summed E-state index contributed by atoms with van der Waals surface area (Å²) in [5.41, 5.74) is 7.52. The fourth-order valence-electron chi connectivity index (χ4n) is 5.70. The van der Waals surface area contributed by atoms with Crippen molar-refractivity contribution in [2.75, 3.05) is 0 Å². The molecule has 2 aliphatic rings. The van der Waals surface area contributed by atoms with Gasteiger partial charge in [-0.25, -0.2) is 0 Å². The molecule has 0 unspecified atom stereocenters. The minimum Gasteiger partial charge on any atom is -0.353 e. The lowest BCUT2D eigenvalue weighted by atomic mass is 10.00. The molecular weight excluding hydrogens is 516 g/mol. The van der Waals surface area contributed by atoms with Crippen molar-refractivity contribution in [2.45, 2.75) is 64.0 Å². The summed E-state index contributed by atoms with van der Waals surface area (Å²) in [6.45, 7) is 2.09. The van der Waals surface area contributed by atoms with Gasteiger partial charge in [-0.05, 0) is 65.5 Å². The molecule has 4 nitrogen and oxygen atoms in total. The third-order valence-electron chi connectivity index (χ3n) is 8.04. The average Bonchev–Trinajstić information content (AvgIpc) is 3.61. The molecule has 2 amide bonds. The van der Waals surface area contributed by atoms with Crippen molar-refractivity contribution in [1.82, 2.24) is 10.2 Å². The number of nitrogens with one attached hydrogen (secondary N) is 1. The Kier molecular flexibility index (Phi) is 10.0. The number of carbonyl (C=O) groups excluding carboxylic acids is 2. The zero-order valence-corrected chi connectivity index (χ0v) is 24.4. The second-order valence-electron chi connectivity index (χ2n) is 11.1. The molecule has 214 valence electrons. The van der Waals surface area contributed by atoms with Crippen LogP contribution in [0.5, 0.6) is 0 Å². The number of likely N-dealkylation sites (tertiary alicyclic amines) is 1. The number of allylic oxidation sites excluding steroid dienone is 1. The van der Waals surface area contributed by atoms with E-state index in [9.17, 15) is 9.59 Å². The summed E-state index contributed by atoms with van der Waals surface area (Å²) in [5.74, 6) is 0.437. The Morgan fingerprint density at radius 2 is 1.19 bits per heavy atom. The van der Waals surface area contributed by atoms with E-state index in [1.54, 1.807) is 0 Å². The van der Waals surface area contributed by atoms with Crippen LogP contribution in [0.4, 0.5) is 0 Å². The molecule has 4 heteroatoms. The minimum atomic E-state index is 0.186. The Labute approximate surface area is 250 Å². The van der Waals surface area contributed by atoms with Gasteiger partial charge >= 0.3 is 0 Å². The smallest absolute Gasteiger partial charge is 0.226 e. The Hall–Kier alpha value is -4.44. The van der Waals surface area contributed by atoms with Gasteiger partial charge in [-0.2, -0.15) is 0 Å². The lowest BCUT2D eigenvalue weighted by Crippen LogP contribution is -2.29. The molecule has 6 rings (SSSR count). The standard InChI is InChI=1S/C21H23NO.C17H17NO/c1-2-3-15-22-20(13-14-21(22)23)16-17-9-11-19(12-10-17)18-7-5-4-6-8-18;19-17-11-10-16(18-17)12-13-6-8-15(9-7-13)14-4-2-1-3-5-14/h3-12,15,20H,2,13-14,16H2,1H3;1-9,16H,10-12H2,(H,18,19)/b15-3+;/t20-;16-/m00/s1. The predicted octanol–water partition coefficient (Wildman–Crippen LogP) is 7.99. The molecule has 4 aromatic carbocycles. The zero-order valence-electron chi connectivity index (χ0n) is 24.4. The van der Waals surface area contributed by atoms with Crippen LogP contribution in [0, 0.1) is 0 Å². The Morgan fingerprint density at radius 3 is 1.69 bits per heavy atom. The molecule has 0 radical (unpaired) electrons. The number of hydrogen-bond donors (Lipinski definition) is 1. The first-order valence-electron chi connectivity index (χ1n) is 15.1. The molecule has 0 spiro atoms. The van der Waals surface area contributed by atoms with Gasteiger partial charge in [0, 0.05) is 31.1 Å². The highest BCUT2D eigenvalue weighted by atomic mass is 16.2. The summed E-state index contributed by atoms with van der Waals surface area (Å²) in [4.78, 5) is 25.1. The highest BCUT2D eigenvalue weighted by Crippen LogP contribution is 2.25. The first-order chi connectivity index (χ1) is 20.6. The summed E-state index contributed by atoms with van der Waals surface area (Å²) in [6, 6.07) is 38.7. The Morgan fingerprint density at radius 1 is 0.667 bits per heavy atom. The highest BCUT2D eigenvalue weighted by Gasteiger charge is 2.29. The Balaban J connectivity index is 0.000000171. The van der Waals surface area contributed by atoms with E-state index in [1.165, 1.54) is 33.4 Å². The summed E-state index contributed by atoms with van der Waals surface area (Å²) >= 11 is 0. The SMILES string of the molecule is CC/C=C/N1C(=O)CC[C@H]1Cc1ccc(-c2ccccc2)cc1.O=C1CC[C@@H](Cc2ccc(-c3ccccc3)cc2)N1. The molecule has 4 aromatic rings. The number of rotatable bonds is 8. The molecule has 2 aliphatic heterocycles. The molecule has 2 saturated heterocycles.